The van der Waals surface area contributed by atoms with E-state index in [1.54, 1.807) is 0 Å². The van der Waals surface area contributed by atoms with E-state index in [0.29, 0.717) is 12.8 Å². The van der Waals surface area contributed by atoms with Crippen molar-refractivity contribution >= 4 is 15.7 Å². The average molecular weight is 367 g/mol. The lowest BCUT2D eigenvalue weighted by atomic mass is 10.2. The minimum atomic E-state index is -4.72. The highest BCUT2D eigenvalue weighted by molar-refractivity contribution is 7.90. The molecule has 2 fully saturated rings. The molecule has 2 aliphatic carbocycles. The van der Waals surface area contributed by atoms with Crippen LogP contribution in [0.25, 0.3) is 0 Å². The number of alkyl halides is 3. The number of nitrogens with two attached hydrogens (primary N) is 1. The van der Waals surface area contributed by atoms with Crippen molar-refractivity contribution in [2.24, 2.45) is 11.7 Å². The molecule has 10 heteroatoms. The fourth-order valence-corrected chi connectivity index (χ4v) is 2.80. The second-order valence-electron chi connectivity index (χ2n) is 6.49. The van der Waals surface area contributed by atoms with E-state index in [2.05, 4.69) is 17.2 Å². The van der Waals surface area contributed by atoms with Gasteiger partial charge >= 0.3 is 6.18 Å². The standard InChI is InChI=1S/C14H20F3N3O3S/c1-24(22,23)8-10(12(21)20-13(18)6-7-13)19-11(14(15,16)17)5-4-9-2-3-9/h9-11,19H,2-3,6-8,18H2,1H3,(H,20,21)/t10-,11-/m0/s1. The summed E-state index contributed by atoms with van der Waals surface area (Å²) in [4.78, 5) is 12.2. The lowest BCUT2D eigenvalue weighted by Crippen LogP contribution is -2.58. The van der Waals surface area contributed by atoms with Crippen LogP contribution < -0.4 is 16.4 Å². The Morgan fingerprint density at radius 2 is 1.96 bits per heavy atom. The molecule has 4 N–H and O–H groups in total. The Bertz CT molecular complexity index is 658. The van der Waals surface area contributed by atoms with Gasteiger partial charge in [-0.2, -0.15) is 13.2 Å². The van der Waals surface area contributed by atoms with E-state index in [-0.39, 0.29) is 5.92 Å². The third-order valence-electron chi connectivity index (χ3n) is 3.65. The van der Waals surface area contributed by atoms with Gasteiger partial charge in [-0.25, -0.2) is 8.42 Å². The van der Waals surface area contributed by atoms with Gasteiger partial charge in [0.25, 0.3) is 0 Å². The first-order chi connectivity index (χ1) is 10.9. The van der Waals surface area contributed by atoms with Crippen LogP contribution in [-0.4, -0.2) is 50.3 Å². The highest BCUT2D eigenvalue weighted by Crippen LogP contribution is 2.29. The predicted molar refractivity (Wildman–Crippen MR) is 81.3 cm³/mol. The molecule has 0 heterocycles. The summed E-state index contributed by atoms with van der Waals surface area (Å²) >= 11 is 0. The molecule has 2 atom stereocenters. The van der Waals surface area contributed by atoms with Crippen LogP contribution in [0.3, 0.4) is 0 Å². The lowest BCUT2D eigenvalue weighted by Gasteiger charge is -2.24. The second kappa shape index (κ2) is 6.54. The molecule has 0 aromatic heterocycles. The molecular formula is C14H20F3N3O3S. The van der Waals surface area contributed by atoms with Gasteiger partial charge in [-0.15, -0.1) is 0 Å². The molecule has 24 heavy (non-hydrogen) atoms. The van der Waals surface area contributed by atoms with Gasteiger partial charge in [0.1, 0.15) is 15.9 Å². The van der Waals surface area contributed by atoms with Crippen molar-refractivity contribution in [2.75, 3.05) is 12.0 Å². The molecule has 0 bridgehead atoms. The predicted octanol–water partition coefficient (Wildman–Crippen LogP) is -0.101. The number of nitrogens with one attached hydrogen (secondary N) is 2. The summed E-state index contributed by atoms with van der Waals surface area (Å²) in [6, 6.07) is -3.86. The highest BCUT2D eigenvalue weighted by atomic mass is 32.2. The van der Waals surface area contributed by atoms with E-state index in [1.165, 1.54) is 0 Å². The maximum Gasteiger partial charge on any atom is 0.415 e. The molecule has 2 rings (SSSR count). The molecule has 1 amide bonds. The number of halogens is 3. The molecule has 2 aliphatic rings. The molecule has 0 saturated heterocycles. The first-order valence-electron chi connectivity index (χ1n) is 7.50. The minimum Gasteiger partial charge on any atom is -0.337 e. The molecule has 136 valence electrons. The molecule has 2 saturated carbocycles. The zero-order valence-corrected chi connectivity index (χ0v) is 13.9. The monoisotopic (exact) mass is 367 g/mol. The first-order valence-corrected chi connectivity index (χ1v) is 9.56. The number of carbonyl (C=O) groups excluding carboxylic acids is 1. The van der Waals surface area contributed by atoms with Crippen molar-refractivity contribution in [3.63, 3.8) is 0 Å². The van der Waals surface area contributed by atoms with Crippen molar-refractivity contribution in [1.82, 2.24) is 10.6 Å². The van der Waals surface area contributed by atoms with Crippen molar-refractivity contribution in [1.29, 1.82) is 0 Å². The quantitative estimate of drug-likeness (QED) is 0.450. The fourth-order valence-electron chi connectivity index (χ4n) is 1.94. The van der Waals surface area contributed by atoms with Gasteiger partial charge in [-0.3, -0.25) is 10.1 Å². The van der Waals surface area contributed by atoms with Crippen molar-refractivity contribution in [3.05, 3.63) is 0 Å². The molecule has 6 nitrogen and oxygen atoms in total. The van der Waals surface area contributed by atoms with E-state index in [4.69, 9.17) is 5.73 Å². The molecule has 0 aromatic rings. The maximum absolute atomic E-state index is 13.1. The van der Waals surface area contributed by atoms with Gasteiger partial charge in [0.05, 0.1) is 11.4 Å². The summed E-state index contributed by atoms with van der Waals surface area (Å²) in [5, 5.41) is 4.42. The van der Waals surface area contributed by atoms with E-state index in [1.807, 2.05) is 5.32 Å². The van der Waals surface area contributed by atoms with Gasteiger partial charge in [0.2, 0.25) is 5.91 Å². The number of amides is 1. The lowest BCUT2D eigenvalue weighted by molar-refractivity contribution is -0.145. The molecule has 0 aliphatic heterocycles. The Morgan fingerprint density at radius 1 is 1.38 bits per heavy atom. The summed E-state index contributed by atoms with van der Waals surface area (Å²) in [7, 11) is -3.69. The smallest absolute Gasteiger partial charge is 0.337 e. The van der Waals surface area contributed by atoms with Gasteiger partial charge in [0, 0.05) is 12.2 Å². The van der Waals surface area contributed by atoms with Crippen molar-refractivity contribution in [3.8, 4) is 11.8 Å². The largest absolute Gasteiger partial charge is 0.415 e. The third-order valence-corrected chi connectivity index (χ3v) is 4.59. The Morgan fingerprint density at radius 3 is 2.38 bits per heavy atom. The fraction of sp³-hybridized carbons (Fsp3) is 0.786. The van der Waals surface area contributed by atoms with Crippen LogP contribution in [0.1, 0.15) is 25.7 Å². The van der Waals surface area contributed by atoms with Gasteiger partial charge in [-0.05, 0) is 25.7 Å². The topological polar surface area (TPSA) is 101 Å². The van der Waals surface area contributed by atoms with Crippen LogP contribution in [0.15, 0.2) is 0 Å². The molecule has 0 unspecified atom stereocenters. The number of carbonyl (C=O) groups is 1. The van der Waals surface area contributed by atoms with Crippen molar-refractivity contribution in [2.45, 2.75) is 49.6 Å². The Balaban J connectivity index is 2.14. The zero-order chi connectivity index (χ0) is 18.2. The van der Waals surface area contributed by atoms with Crippen LogP contribution in [-0.2, 0) is 14.6 Å². The van der Waals surface area contributed by atoms with Crippen LogP contribution in [0, 0.1) is 17.8 Å². The Kier molecular flexibility index (Phi) is 5.18. The van der Waals surface area contributed by atoms with E-state index in [0.717, 1.165) is 19.1 Å². The summed E-state index contributed by atoms with van der Waals surface area (Å²) in [6.45, 7) is 0. The second-order valence-corrected chi connectivity index (χ2v) is 8.68. The number of hydrogen-bond acceptors (Lipinski definition) is 5. The Hall–Kier alpha value is -1.31. The number of rotatable bonds is 6. The van der Waals surface area contributed by atoms with Crippen LogP contribution in [0.5, 0.6) is 0 Å². The van der Waals surface area contributed by atoms with Crippen LogP contribution in [0.2, 0.25) is 0 Å². The highest BCUT2D eigenvalue weighted by Gasteiger charge is 2.45. The summed E-state index contributed by atoms with van der Waals surface area (Å²) in [5.74, 6) is 2.87. The van der Waals surface area contributed by atoms with E-state index in [9.17, 15) is 26.4 Å². The number of sulfone groups is 1. The van der Waals surface area contributed by atoms with E-state index < -0.39 is 45.4 Å². The minimum absolute atomic E-state index is 0.0578. The van der Waals surface area contributed by atoms with Crippen LogP contribution in [0.4, 0.5) is 13.2 Å². The van der Waals surface area contributed by atoms with Gasteiger partial charge in [-0.1, -0.05) is 11.8 Å². The molecule has 0 aromatic carbocycles. The SMILES string of the molecule is CS(=O)(=O)C[C@H](N[C@@H](C#CC1CC1)C(F)(F)F)C(=O)NC1(N)CC1. The normalized spacial score (nSPS) is 22.0. The molecule has 0 radical (unpaired) electrons. The first kappa shape index (κ1) is 19.0. The van der Waals surface area contributed by atoms with E-state index >= 15 is 0 Å². The summed E-state index contributed by atoms with van der Waals surface area (Å²) in [6.07, 6.45) is -1.38. The van der Waals surface area contributed by atoms with Crippen molar-refractivity contribution < 1.29 is 26.4 Å². The molecule has 0 spiro atoms. The number of hydrogen-bond donors (Lipinski definition) is 3. The summed E-state index contributed by atoms with van der Waals surface area (Å²) < 4.78 is 62.3. The average Bonchev–Trinajstić information content (AvgIpc) is 3.29. The zero-order valence-electron chi connectivity index (χ0n) is 13.1. The Labute approximate surface area is 138 Å². The summed E-state index contributed by atoms with van der Waals surface area (Å²) in [5.41, 5.74) is 4.76. The third kappa shape index (κ3) is 6.30. The van der Waals surface area contributed by atoms with Crippen LogP contribution >= 0.6 is 0 Å². The maximum atomic E-state index is 13.1. The molecular weight excluding hydrogens is 347 g/mol. The van der Waals surface area contributed by atoms with Gasteiger partial charge in [0.15, 0.2) is 6.04 Å². The van der Waals surface area contributed by atoms with Gasteiger partial charge < -0.3 is 11.1 Å².